The molecule has 32 nitrogen and oxygen atoms in total. The molecule has 660 valence electrons. The molecule has 6 saturated carbocycles. The van der Waals surface area contributed by atoms with Gasteiger partial charge < -0.3 is 111 Å². The Morgan fingerprint density at radius 3 is 1.18 bits per heavy atom. The topological polar surface area (TPSA) is 406 Å². The number of likely N-dealkylation sites (tertiary alicyclic amines) is 2. The summed E-state index contributed by atoms with van der Waals surface area (Å²) >= 11 is 0. The zero-order valence-corrected chi connectivity index (χ0v) is 73.7. The molecular weight excluding hydrogens is 1490 g/mol. The van der Waals surface area contributed by atoms with E-state index in [1.807, 2.05) is 9.80 Å². The Morgan fingerprint density at radius 2 is 0.828 bits per heavy atom. The van der Waals surface area contributed by atoms with Crippen LogP contribution in [0.5, 0.6) is 0 Å². The standard InChI is InChI=1S/C51H90BN7O13.C31H58BN7O5/c1-46(2,3)67-42(63)54-23-26-57(44(65)69-48(7,8)9)32-34(33-58(45(66)70-49(10,11)12)27-24-55-43(64)68-47(4,5)6)28-40(61)53-22-18-16-17-21-39(60)56-31-41(62)59-25-19-20-38(59)52-71-37-30-35-29-36(50(35,13)14)51(37,15)72-52;1-30(2)23-17-24(30)31(3)25(18-23)43-32(44-31)26-8-7-15-39(26)29(42)21-38-27(40)9-5-4-6-12-37-28(41)16-22(19-35-13-10-33)20-36-14-11-34/h34-38H,16-33H2,1-15H3,(H,53,61)(H,54,63)(H,55,64)(H,56,60);22-26,35-36H,4-21,33-34H2,1-3H3,(H,37,41)(H,38,40)/t35-,36-,37?,38-,51-;23-,24-,25?,26-,31-/m00/s1. The summed E-state index contributed by atoms with van der Waals surface area (Å²) in [6.07, 6.45) is 10.1. The van der Waals surface area contributed by atoms with Crippen LogP contribution in [0.3, 0.4) is 0 Å². The fourth-order valence-corrected chi connectivity index (χ4v) is 18.1. The molecule has 0 radical (unpaired) electrons. The molecule has 0 spiro atoms. The average molecular weight is 1640 g/mol. The minimum absolute atomic E-state index is 0.000523. The van der Waals surface area contributed by atoms with E-state index in [1.54, 1.807) is 83.1 Å². The Morgan fingerprint density at radius 1 is 0.457 bits per heavy atom. The molecule has 0 aromatic heterocycles. The van der Waals surface area contributed by atoms with Crippen molar-refractivity contribution in [3.8, 4) is 0 Å². The molecular formula is C82H148B2N14O18. The number of nitrogens with one attached hydrogen (secondary N) is 8. The maximum atomic E-state index is 13.7. The zero-order chi connectivity index (χ0) is 85.8. The van der Waals surface area contributed by atoms with Gasteiger partial charge in [-0.1, -0.05) is 40.5 Å². The summed E-state index contributed by atoms with van der Waals surface area (Å²) in [4.78, 5) is 137. The second-order valence-electron chi connectivity index (χ2n) is 39.0. The number of carbonyl (C=O) groups excluding carboxylic acids is 10. The SMILES string of the molecule is CC(C)(C)OC(=O)NCCN(CC(CC(=O)NCCCCCC(=O)NCC(=O)N1CCC[C@H]1B1OC2C[C@@H]3C[C@@H](C3(C)C)[C@]2(C)O1)CN(CCNC(=O)OC(C)(C)C)C(=O)OC(C)(C)C)C(=O)OC(C)(C)C.CC1(C)[C@@H]2CC3OB([C@@H]4CCCN4C(=O)CNC(=O)CCCCCNC(=O)CC(CNCCN)CNCCN)O[C@@]3(C)[C@H]1C2. The number of amides is 10. The first-order valence-corrected chi connectivity index (χ1v) is 43.3. The second-order valence-corrected chi connectivity index (χ2v) is 39.0. The lowest BCUT2D eigenvalue weighted by Crippen LogP contribution is -2.65. The van der Waals surface area contributed by atoms with Gasteiger partial charge in [-0.2, -0.15) is 0 Å². The van der Waals surface area contributed by atoms with Gasteiger partial charge in [-0.15, -0.1) is 0 Å². The average Bonchev–Trinajstić information content (AvgIpc) is 1.46. The second kappa shape index (κ2) is 42.8. The number of ether oxygens (including phenoxy) is 4. The van der Waals surface area contributed by atoms with Crippen LogP contribution in [-0.4, -0.2) is 269 Å². The molecule has 116 heavy (non-hydrogen) atoms. The van der Waals surface area contributed by atoms with Crippen LogP contribution in [-0.2, 0) is 66.3 Å². The lowest BCUT2D eigenvalue weighted by Gasteiger charge is -2.64. The van der Waals surface area contributed by atoms with Crippen molar-refractivity contribution in [2.45, 2.75) is 298 Å². The maximum Gasteiger partial charge on any atom is 0.481 e. The van der Waals surface area contributed by atoms with Crippen LogP contribution in [0.15, 0.2) is 0 Å². The molecule has 10 amide bonds. The lowest BCUT2D eigenvalue weighted by atomic mass is 9.43. The first-order valence-electron chi connectivity index (χ1n) is 43.3. The smallest absolute Gasteiger partial charge is 0.444 e. The highest BCUT2D eigenvalue weighted by Gasteiger charge is 2.70. The molecule has 12 N–H and O–H groups in total. The van der Waals surface area contributed by atoms with Crippen LogP contribution in [0.4, 0.5) is 19.2 Å². The fourth-order valence-electron chi connectivity index (χ4n) is 18.1. The Labute approximate surface area is 692 Å². The number of alkyl carbamates (subject to hydrolysis) is 2. The third-order valence-electron chi connectivity index (χ3n) is 24.3. The van der Waals surface area contributed by atoms with Gasteiger partial charge in [0.25, 0.3) is 0 Å². The van der Waals surface area contributed by atoms with Crippen LogP contribution in [0.1, 0.15) is 240 Å². The molecule has 10 aliphatic rings. The Hall–Kier alpha value is -6.29. The van der Waals surface area contributed by atoms with Gasteiger partial charge in [-0.25, -0.2) is 19.2 Å². The van der Waals surface area contributed by atoms with Gasteiger partial charge in [0.05, 0.1) is 48.4 Å². The summed E-state index contributed by atoms with van der Waals surface area (Å²) in [5.74, 6) is 0.538. The normalized spacial score (nSPS) is 24.8. The van der Waals surface area contributed by atoms with E-state index in [0.29, 0.717) is 101 Å². The highest BCUT2D eigenvalue weighted by molar-refractivity contribution is 6.48. The number of nitrogens with zero attached hydrogens (tertiary/aromatic N) is 4. The molecule has 4 aliphatic heterocycles. The van der Waals surface area contributed by atoms with E-state index in [0.717, 1.165) is 84.0 Å². The number of hydrogen-bond donors (Lipinski definition) is 10. The Bertz CT molecular complexity index is 3180. The van der Waals surface area contributed by atoms with Crippen molar-refractivity contribution in [2.24, 2.45) is 57.8 Å². The van der Waals surface area contributed by atoms with Gasteiger partial charge in [0.1, 0.15) is 22.4 Å². The Kier molecular flexibility index (Phi) is 35.7. The van der Waals surface area contributed by atoms with E-state index < -0.39 is 66.9 Å². The summed E-state index contributed by atoms with van der Waals surface area (Å²) < 4.78 is 48.5. The highest BCUT2D eigenvalue weighted by atomic mass is 16.7. The van der Waals surface area contributed by atoms with Crippen molar-refractivity contribution in [1.29, 1.82) is 0 Å². The lowest BCUT2D eigenvalue weighted by molar-refractivity contribution is -0.199. The molecule has 10 atom stereocenters. The summed E-state index contributed by atoms with van der Waals surface area (Å²) in [6, 6.07) is 0. The monoisotopic (exact) mass is 1640 g/mol. The van der Waals surface area contributed by atoms with Crippen LogP contribution in [0.25, 0.3) is 0 Å². The van der Waals surface area contributed by atoms with Crippen molar-refractivity contribution in [3.05, 3.63) is 0 Å². The van der Waals surface area contributed by atoms with Crippen molar-refractivity contribution in [3.63, 3.8) is 0 Å². The molecule has 2 unspecified atom stereocenters. The van der Waals surface area contributed by atoms with E-state index in [4.69, 9.17) is 49.0 Å². The van der Waals surface area contributed by atoms with E-state index in [9.17, 15) is 47.9 Å². The van der Waals surface area contributed by atoms with Gasteiger partial charge in [0, 0.05) is 123 Å². The van der Waals surface area contributed by atoms with E-state index in [2.05, 4.69) is 84.1 Å². The predicted molar refractivity (Wildman–Crippen MR) is 443 cm³/mol. The molecule has 0 aromatic rings. The summed E-state index contributed by atoms with van der Waals surface area (Å²) in [5.41, 5.74) is 7.72. The summed E-state index contributed by atoms with van der Waals surface area (Å²) in [7, 11) is -0.864. The number of hydrogen-bond acceptors (Lipinski definition) is 22. The number of nitrogens with two attached hydrogens (primary N) is 2. The van der Waals surface area contributed by atoms with Gasteiger partial charge in [-0.3, -0.25) is 28.8 Å². The summed E-state index contributed by atoms with van der Waals surface area (Å²) in [6.45, 7) is 40.4. The number of carbonyl (C=O) groups is 10. The molecule has 4 bridgehead atoms. The molecule has 4 saturated heterocycles. The minimum Gasteiger partial charge on any atom is -0.444 e. The number of rotatable bonds is 40. The van der Waals surface area contributed by atoms with Crippen molar-refractivity contribution < 1.29 is 85.5 Å². The van der Waals surface area contributed by atoms with Gasteiger partial charge in [0.15, 0.2) is 0 Å². The Balaban J connectivity index is 0.000000359. The molecule has 34 heteroatoms. The predicted octanol–water partition coefficient (Wildman–Crippen LogP) is 6.71. The zero-order valence-electron chi connectivity index (χ0n) is 73.7. The van der Waals surface area contributed by atoms with Gasteiger partial charge in [-0.05, 0) is 227 Å². The van der Waals surface area contributed by atoms with E-state index in [1.165, 1.54) is 16.2 Å². The van der Waals surface area contributed by atoms with Crippen molar-refractivity contribution in [2.75, 3.05) is 118 Å². The van der Waals surface area contributed by atoms with Crippen LogP contribution in [0, 0.1) is 46.3 Å². The quantitative estimate of drug-likeness (QED) is 0.0173. The van der Waals surface area contributed by atoms with Crippen LogP contribution >= 0.6 is 0 Å². The molecule has 6 aliphatic carbocycles. The third kappa shape index (κ3) is 29.0. The van der Waals surface area contributed by atoms with Crippen molar-refractivity contribution in [1.82, 2.24) is 62.1 Å². The molecule has 10 rings (SSSR count). The molecule has 4 heterocycles. The molecule has 10 fully saturated rings. The van der Waals surface area contributed by atoms with Gasteiger partial charge >= 0.3 is 38.6 Å². The summed E-state index contributed by atoms with van der Waals surface area (Å²) in [5, 5.41) is 23.4. The fraction of sp³-hybridized carbons (Fsp3) is 0.878. The highest BCUT2D eigenvalue weighted by Crippen LogP contribution is 2.67. The van der Waals surface area contributed by atoms with E-state index >= 15 is 0 Å². The van der Waals surface area contributed by atoms with Crippen LogP contribution in [0.2, 0.25) is 0 Å². The molecule has 0 aromatic carbocycles. The first-order chi connectivity index (χ1) is 54.2. The van der Waals surface area contributed by atoms with E-state index in [-0.39, 0.29) is 153 Å². The maximum absolute atomic E-state index is 13.7. The number of unbranched alkanes of at least 4 members (excludes halogenated alkanes) is 4. The van der Waals surface area contributed by atoms with Crippen LogP contribution < -0.4 is 54.0 Å². The third-order valence-corrected chi connectivity index (χ3v) is 24.3. The largest absolute Gasteiger partial charge is 0.481 e. The minimum atomic E-state index is -0.873. The van der Waals surface area contributed by atoms with Crippen molar-refractivity contribution >= 4 is 74.1 Å². The first kappa shape index (κ1) is 96.8. The van der Waals surface area contributed by atoms with Gasteiger partial charge in [0.2, 0.25) is 35.4 Å².